The van der Waals surface area contributed by atoms with Gasteiger partial charge in [0.05, 0.1) is 11.5 Å². The second-order valence-corrected chi connectivity index (χ2v) is 6.13. The second-order valence-electron chi connectivity index (χ2n) is 4.63. The van der Waals surface area contributed by atoms with Crippen molar-refractivity contribution in [3.05, 3.63) is 28.3 Å². The van der Waals surface area contributed by atoms with Gasteiger partial charge in [-0.1, -0.05) is 6.07 Å². The number of primary sulfonamides is 1. The Balaban J connectivity index is 3.31. The number of aryl methyl sites for hydroxylation is 2. The molecular formula is C13H20N2O4S. The van der Waals surface area contributed by atoms with E-state index in [1.807, 2.05) is 0 Å². The topological polar surface area (TPSA) is 98.5 Å². The first kappa shape index (κ1) is 16.6. The van der Waals surface area contributed by atoms with E-state index in [-0.39, 0.29) is 10.8 Å². The molecule has 1 amide bonds. The molecule has 0 saturated heterocycles. The van der Waals surface area contributed by atoms with Gasteiger partial charge in [-0.3, -0.25) is 4.79 Å². The summed E-state index contributed by atoms with van der Waals surface area (Å²) in [7, 11) is -2.33. The van der Waals surface area contributed by atoms with E-state index >= 15 is 0 Å². The maximum Gasteiger partial charge on any atom is 0.251 e. The number of hydrogen-bond acceptors (Lipinski definition) is 4. The predicted octanol–water partition coefficient (Wildman–Crippen LogP) is 0.635. The van der Waals surface area contributed by atoms with Gasteiger partial charge < -0.3 is 10.1 Å². The Bertz CT molecular complexity index is 624. The first-order valence-electron chi connectivity index (χ1n) is 6.11. The summed E-state index contributed by atoms with van der Waals surface area (Å²) in [6, 6.07) is 1.65. The summed E-state index contributed by atoms with van der Waals surface area (Å²) in [4.78, 5) is 12.2. The van der Waals surface area contributed by atoms with E-state index in [9.17, 15) is 13.2 Å². The molecule has 0 unspecified atom stereocenters. The van der Waals surface area contributed by atoms with Crippen LogP contribution in [0.3, 0.4) is 0 Å². The van der Waals surface area contributed by atoms with Crippen molar-refractivity contribution in [1.29, 1.82) is 0 Å². The highest BCUT2D eigenvalue weighted by molar-refractivity contribution is 7.89. The fourth-order valence-corrected chi connectivity index (χ4v) is 3.35. The molecule has 0 aliphatic carbocycles. The van der Waals surface area contributed by atoms with E-state index in [4.69, 9.17) is 9.88 Å². The van der Waals surface area contributed by atoms with Gasteiger partial charge in [-0.15, -0.1) is 0 Å². The Morgan fingerprint density at radius 2 is 1.90 bits per heavy atom. The highest BCUT2D eigenvalue weighted by atomic mass is 32.2. The molecule has 0 bridgehead atoms. The number of nitrogens with two attached hydrogens (primary N) is 1. The van der Waals surface area contributed by atoms with Crippen LogP contribution in [0.2, 0.25) is 0 Å². The minimum atomic E-state index is -3.87. The van der Waals surface area contributed by atoms with Crippen molar-refractivity contribution in [2.75, 3.05) is 20.3 Å². The Hall–Kier alpha value is -1.44. The van der Waals surface area contributed by atoms with Gasteiger partial charge in [0.1, 0.15) is 0 Å². The van der Waals surface area contributed by atoms with Crippen LogP contribution < -0.4 is 10.5 Å². The molecule has 0 radical (unpaired) electrons. The number of sulfonamides is 1. The molecule has 3 N–H and O–H groups in total. The zero-order chi connectivity index (χ0) is 15.5. The number of amides is 1. The molecule has 0 heterocycles. The first-order chi connectivity index (χ1) is 9.20. The highest BCUT2D eigenvalue weighted by Crippen LogP contribution is 2.25. The molecule has 0 atom stereocenters. The van der Waals surface area contributed by atoms with Gasteiger partial charge in [-0.05, 0) is 37.5 Å². The van der Waals surface area contributed by atoms with E-state index in [1.54, 1.807) is 26.8 Å². The third-order valence-electron chi connectivity index (χ3n) is 3.00. The molecule has 7 heteroatoms. The molecule has 0 saturated carbocycles. The van der Waals surface area contributed by atoms with Crippen LogP contribution in [0, 0.1) is 20.8 Å². The molecule has 0 aliphatic heterocycles. The maximum absolute atomic E-state index is 12.1. The van der Waals surface area contributed by atoms with Crippen molar-refractivity contribution >= 4 is 15.9 Å². The fourth-order valence-electron chi connectivity index (χ4n) is 2.31. The molecule has 0 aliphatic rings. The summed E-state index contributed by atoms with van der Waals surface area (Å²) in [6.07, 6.45) is 0. The lowest BCUT2D eigenvalue weighted by atomic mass is 9.99. The van der Waals surface area contributed by atoms with Crippen LogP contribution in [0.5, 0.6) is 0 Å². The Morgan fingerprint density at radius 1 is 1.30 bits per heavy atom. The monoisotopic (exact) mass is 300 g/mol. The molecule has 0 fully saturated rings. The van der Waals surface area contributed by atoms with Crippen LogP contribution in [0.15, 0.2) is 11.0 Å². The summed E-state index contributed by atoms with van der Waals surface area (Å²) in [5.74, 6) is -0.332. The lowest BCUT2D eigenvalue weighted by Crippen LogP contribution is -2.29. The molecule has 1 rings (SSSR count). The van der Waals surface area contributed by atoms with Crippen LogP contribution in [0.25, 0.3) is 0 Å². The van der Waals surface area contributed by atoms with E-state index in [0.717, 1.165) is 0 Å². The average Bonchev–Trinajstić information content (AvgIpc) is 2.26. The van der Waals surface area contributed by atoms with Gasteiger partial charge in [0.15, 0.2) is 0 Å². The Morgan fingerprint density at radius 3 is 2.40 bits per heavy atom. The largest absolute Gasteiger partial charge is 0.383 e. The SMILES string of the molecule is COCCNC(=O)c1c(C)cc(C)c(S(N)(=O)=O)c1C. The first-order valence-corrected chi connectivity index (χ1v) is 7.65. The number of carbonyl (C=O) groups excluding carboxylic acids is 1. The summed E-state index contributed by atoms with van der Waals surface area (Å²) in [5.41, 5.74) is 1.97. The Kier molecular flexibility index (Phi) is 5.27. The van der Waals surface area contributed by atoms with Gasteiger partial charge >= 0.3 is 0 Å². The standard InChI is InChI=1S/C13H20N2O4S/c1-8-7-9(2)12(20(14,17)18)10(3)11(8)13(16)15-5-6-19-4/h7H,5-6H2,1-4H3,(H,15,16)(H2,14,17,18). The van der Waals surface area contributed by atoms with Gasteiger partial charge in [0, 0.05) is 19.2 Å². The molecule has 1 aromatic carbocycles. The highest BCUT2D eigenvalue weighted by Gasteiger charge is 2.22. The summed E-state index contributed by atoms with van der Waals surface area (Å²) in [6.45, 7) is 5.75. The molecule has 112 valence electrons. The molecule has 0 aromatic heterocycles. The van der Waals surface area contributed by atoms with Gasteiger partial charge in [-0.2, -0.15) is 0 Å². The molecule has 6 nitrogen and oxygen atoms in total. The van der Waals surface area contributed by atoms with Crippen LogP contribution in [-0.2, 0) is 14.8 Å². The summed E-state index contributed by atoms with van der Waals surface area (Å²) >= 11 is 0. The number of ether oxygens (including phenoxy) is 1. The molecule has 20 heavy (non-hydrogen) atoms. The molecule has 0 spiro atoms. The smallest absolute Gasteiger partial charge is 0.251 e. The number of nitrogens with one attached hydrogen (secondary N) is 1. The van der Waals surface area contributed by atoms with E-state index < -0.39 is 10.0 Å². The quantitative estimate of drug-likeness (QED) is 0.779. The number of carbonyl (C=O) groups is 1. The van der Waals surface area contributed by atoms with E-state index in [1.165, 1.54) is 7.11 Å². The van der Waals surface area contributed by atoms with Crippen LogP contribution in [0.1, 0.15) is 27.0 Å². The second kappa shape index (κ2) is 6.34. The summed E-state index contributed by atoms with van der Waals surface area (Å²) in [5, 5.41) is 7.90. The number of benzene rings is 1. The molecular weight excluding hydrogens is 280 g/mol. The minimum absolute atomic E-state index is 0.0139. The third kappa shape index (κ3) is 3.56. The average molecular weight is 300 g/mol. The number of methoxy groups -OCH3 is 1. The zero-order valence-electron chi connectivity index (χ0n) is 12.1. The van der Waals surface area contributed by atoms with E-state index in [2.05, 4.69) is 5.32 Å². The zero-order valence-corrected chi connectivity index (χ0v) is 12.9. The number of rotatable bonds is 5. The van der Waals surface area contributed by atoms with Gasteiger partial charge in [-0.25, -0.2) is 13.6 Å². The molecule has 1 aromatic rings. The van der Waals surface area contributed by atoms with Crippen molar-refractivity contribution in [3.63, 3.8) is 0 Å². The third-order valence-corrected chi connectivity index (χ3v) is 4.20. The van der Waals surface area contributed by atoms with Gasteiger partial charge in [0.2, 0.25) is 10.0 Å². The number of hydrogen-bond donors (Lipinski definition) is 2. The van der Waals surface area contributed by atoms with Crippen LogP contribution in [0.4, 0.5) is 0 Å². The van der Waals surface area contributed by atoms with Crippen LogP contribution >= 0.6 is 0 Å². The normalized spacial score (nSPS) is 11.4. The predicted molar refractivity (Wildman–Crippen MR) is 76.2 cm³/mol. The van der Waals surface area contributed by atoms with Gasteiger partial charge in [0.25, 0.3) is 5.91 Å². The lowest BCUT2D eigenvalue weighted by molar-refractivity contribution is 0.0935. The fraction of sp³-hybridized carbons (Fsp3) is 0.462. The maximum atomic E-state index is 12.1. The van der Waals surface area contributed by atoms with Crippen molar-refractivity contribution in [3.8, 4) is 0 Å². The van der Waals surface area contributed by atoms with Crippen molar-refractivity contribution < 1.29 is 17.9 Å². The van der Waals surface area contributed by atoms with Crippen molar-refractivity contribution in [1.82, 2.24) is 5.32 Å². The lowest BCUT2D eigenvalue weighted by Gasteiger charge is -2.15. The van der Waals surface area contributed by atoms with Crippen LogP contribution in [-0.4, -0.2) is 34.6 Å². The van der Waals surface area contributed by atoms with E-state index in [0.29, 0.717) is 35.4 Å². The van der Waals surface area contributed by atoms with Crippen molar-refractivity contribution in [2.24, 2.45) is 5.14 Å². The summed E-state index contributed by atoms with van der Waals surface area (Å²) < 4.78 is 28.1. The Labute approximate surface area is 119 Å². The van der Waals surface area contributed by atoms with Crippen molar-refractivity contribution in [2.45, 2.75) is 25.7 Å². The minimum Gasteiger partial charge on any atom is -0.383 e.